The molecular weight excluding hydrogens is 230 g/mol. The van der Waals surface area contributed by atoms with Gasteiger partial charge in [0, 0.05) is 23.4 Å². The van der Waals surface area contributed by atoms with Crippen LogP contribution in [0.1, 0.15) is 38.0 Å². The molecule has 0 N–H and O–H groups in total. The smallest absolute Gasteiger partial charge is 0.212 e. The Balaban J connectivity index is 2.99. The van der Waals surface area contributed by atoms with E-state index in [0.717, 1.165) is 12.2 Å². The lowest BCUT2D eigenvalue weighted by Crippen LogP contribution is -2.13. The zero-order valence-corrected chi connectivity index (χ0v) is 11.4. The maximum atomic E-state index is 8.82. The first-order valence-electron chi connectivity index (χ1n) is 5.88. The van der Waals surface area contributed by atoms with Gasteiger partial charge in [0.05, 0.1) is 0 Å². The standard InChI is InChI=1S/C13H19N3S/c1-4-13(12-6-5-7-15-8-12)17(16-10-14)9-11(2)3/h5-8,11,13H,4,9H2,1-3H3. The molecule has 92 valence electrons. The molecule has 0 aromatic carbocycles. The highest BCUT2D eigenvalue weighted by Crippen LogP contribution is 2.25. The van der Waals surface area contributed by atoms with Gasteiger partial charge in [-0.2, -0.15) is 9.62 Å². The van der Waals surface area contributed by atoms with Crippen LogP contribution in [0.25, 0.3) is 0 Å². The Kier molecular flexibility index (Phi) is 5.85. The zero-order chi connectivity index (χ0) is 12.7. The van der Waals surface area contributed by atoms with Gasteiger partial charge in [0.2, 0.25) is 6.19 Å². The fourth-order valence-corrected chi connectivity index (χ4v) is 3.82. The third kappa shape index (κ3) is 4.27. The Morgan fingerprint density at radius 2 is 2.29 bits per heavy atom. The molecule has 1 aromatic rings. The summed E-state index contributed by atoms with van der Waals surface area (Å²) in [5, 5.41) is 9.14. The average Bonchev–Trinajstić information content (AvgIpc) is 2.31. The Hall–Kier alpha value is -1.21. The molecule has 1 aromatic heterocycles. The van der Waals surface area contributed by atoms with Crippen molar-refractivity contribution in [1.29, 1.82) is 5.26 Å². The number of nitrogens with zero attached hydrogens (tertiary/aromatic N) is 3. The van der Waals surface area contributed by atoms with Crippen molar-refractivity contribution in [2.45, 2.75) is 32.4 Å². The molecule has 0 amide bonds. The van der Waals surface area contributed by atoms with Gasteiger partial charge in [-0.3, -0.25) is 4.98 Å². The lowest BCUT2D eigenvalue weighted by Gasteiger charge is -2.19. The van der Waals surface area contributed by atoms with Crippen LogP contribution in [0.3, 0.4) is 0 Å². The van der Waals surface area contributed by atoms with Crippen molar-refractivity contribution in [2.75, 3.05) is 5.75 Å². The van der Waals surface area contributed by atoms with Gasteiger partial charge in [-0.1, -0.05) is 37.5 Å². The minimum atomic E-state index is -0.220. The van der Waals surface area contributed by atoms with Gasteiger partial charge < -0.3 is 0 Å². The maximum Gasteiger partial charge on any atom is 0.212 e. The van der Waals surface area contributed by atoms with Crippen LogP contribution in [-0.4, -0.2) is 10.7 Å². The SMILES string of the molecule is CCC(c1cccnc1)S(CC(C)C)=NC#N. The Labute approximate surface area is 106 Å². The zero-order valence-electron chi connectivity index (χ0n) is 10.6. The molecular formula is C13H19N3S. The summed E-state index contributed by atoms with van der Waals surface area (Å²) in [6.45, 7) is 6.48. The number of hydrogen-bond acceptors (Lipinski definition) is 3. The van der Waals surface area contributed by atoms with E-state index in [1.54, 1.807) is 6.20 Å². The van der Waals surface area contributed by atoms with Gasteiger partial charge in [0.15, 0.2) is 0 Å². The van der Waals surface area contributed by atoms with Crippen LogP contribution in [0.5, 0.6) is 0 Å². The molecule has 0 fully saturated rings. The van der Waals surface area contributed by atoms with E-state index in [1.807, 2.05) is 18.5 Å². The van der Waals surface area contributed by atoms with Crippen molar-refractivity contribution in [1.82, 2.24) is 4.98 Å². The Morgan fingerprint density at radius 1 is 1.53 bits per heavy atom. The van der Waals surface area contributed by atoms with E-state index in [0.29, 0.717) is 11.2 Å². The molecule has 4 heteroatoms. The van der Waals surface area contributed by atoms with Crippen LogP contribution in [0.4, 0.5) is 0 Å². The van der Waals surface area contributed by atoms with Gasteiger partial charge in [-0.15, -0.1) is 0 Å². The number of aromatic nitrogens is 1. The van der Waals surface area contributed by atoms with Crippen LogP contribution in [-0.2, 0) is 10.7 Å². The van der Waals surface area contributed by atoms with E-state index in [-0.39, 0.29) is 10.7 Å². The fraction of sp³-hybridized carbons (Fsp3) is 0.538. The predicted octanol–water partition coefficient (Wildman–Crippen LogP) is 3.47. The second-order valence-electron chi connectivity index (χ2n) is 4.34. The number of nitriles is 1. The molecule has 0 aliphatic heterocycles. The normalized spacial score (nSPS) is 14.5. The van der Waals surface area contributed by atoms with Gasteiger partial charge in [-0.05, 0) is 24.0 Å². The molecule has 1 heterocycles. The molecule has 0 saturated carbocycles. The first-order chi connectivity index (χ1) is 8.19. The van der Waals surface area contributed by atoms with Crippen molar-refractivity contribution in [3.63, 3.8) is 0 Å². The monoisotopic (exact) mass is 249 g/mol. The van der Waals surface area contributed by atoms with E-state index >= 15 is 0 Å². The first-order valence-corrected chi connectivity index (χ1v) is 7.30. The van der Waals surface area contributed by atoms with Crippen LogP contribution < -0.4 is 0 Å². The lowest BCUT2D eigenvalue weighted by molar-refractivity contribution is 0.740. The highest BCUT2D eigenvalue weighted by Gasteiger charge is 2.16. The van der Waals surface area contributed by atoms with Crippen LogP contribution in [0.2, 0.25) is 0 Å². The summed E-state index contributed by atoms with van der Waals surface area (Å²) in [5.74, 6) is 1.53. The molecule has 0 radical (unpaired) electrons. The summed E-state index contributed by atoms with van der Waals surface area (Å²) in [6.07, 6.45) is 6.63. The molecule has 0 bridgehead atoms. The van der Waals surface area contributed by atoms with Crippen LogP contribution >= 0.6 is 0 Å². The molecule has 0 aliphatic rings. The summed E-state index contributed by atoms with van der Waals surface area (Å²) in [4.78, 5) is 4.16. The molecule has 2 unspecified atom stereocenters. The quantitative estimate of drug-likeness (QED) is 0.750. The van der Waals surface area contributed by atoms with Crippen molar-refractivity contribution < 1.29 is 0 Å². The summed E-state index contributed by atoms with van der Waals surface area (Å²) in [5.41, 5.74) is 1.19. The Bertz CT molecular complexity index is 406. The van der Waals surface area contributed by atoms with Crippen molar-refractivity contribution in [3.05, 3.63) is 30.1 Å². The van der Waals surface area contributed by atoms with E-state index in [4.69, 9.17) is 5.26 Å². The summed E-state index contributed by atoms with van der Waals surface area (Å²) in [7, 11) is -0.220. The summed E-state index contributed by atoms with van der Waals surface area (Å²) in [6, 6.07) is 4.02. The lowest BCUT2D eigenvalue weighted by atomic mass is 10.2. The fourth-order valence-electron chi connectivity index (χ4n) is 1.76. The third-order valence-electron chi connectivity index (χ3n) is 2.42. The maximum absolute atomic E-state index is 8.82. The van der Waals surface area contributed by atoms with Crippen LogP contribution in [0, 0.1) is 17.4 Å². The largest absolute Gasteiger partial charge is 0.264 e. The first kappa shape index (κ1) is 13.9. The average molecular weight is 249 g/mol. The molecule has 0 saturated heterocycles. The predicted molar refractivity (Wildman–Crippen MR) is 72.4 cm³/mol. The van der Waals surface area contributed by atoms with Gasteiger partial charge in [0.1, 0.15) is 0 Å². The molecule has 2 atom stereocenters. The van der Waals surface area contributed by atoms with E-state index in [2.05, 4.69) is 36.2 Å². The topological polar surface area (TPSA) is 49.0 Å². The minimum Gasteiger partial charge on any atom is -0.264 e. The highest BCUT2D eigenvalue weighted by atomic mass is 32.2. The Morgan fingerprint density at radius 3 is 2.76 bits per heavy atom. The second-order valence-corrected chi connectivity index (χ2v) is 6.22. The van der Waals surface area contributed by atoms with Gasteiger partial charge >= 0.3 is 0 Å². The van der Waals surface area contributed by atoms with Crippen molar-refractivity contribution in [2.24, 2.45) is 10.3 Å². The number of pyridine rings is 1. The van der Waals surface area contributed by atoms with Gasteiger partial charge in [0.25, 0.3) is 0 Å². The van der Waals surface area contributed by atoms with Crippen LogP contribution in [0.15, 0.2) is 28.9 Å². The van der Waals surface area contributed by atoms with E-state index in [9.17, 15) is 0 Å². The molecule has 0 aliphatic carbocycles. The molecule has 17 heavy (non-hydrogen) atoms. The third-order valence-corrected chi connectivity index (χ3v) is 5.00. The number of rotatable bonds is 5. The minimum absolute atomic E-state index is 0.220. The van der Waals surface area contributed by atoms with Gasteiger partial charge in [-0.25, -0.2) is 0 Å². The molecule has 0 spiro atoms. The van der Waals surface area contributed by atoms with Crippen molar-refractivity contribution in [3.8, 4) is 6.19 Å². The number of hydrogen-bond donors (Lipinski definition) is 0. The molecule has 3 nitrogen and oxygen atoms in total. The summed E-state index contributed by atoms with van der Waals surface area (Å²) >= 11 is 0. The second kappa shape index (κ2) is 7.18. The summed E-state index contributed by atoms with van der Waals surface area (Å²) < 4.78 is 4.12. The highest BCUT2D eigenvalue weighted by molar-refractivity contribution is 7.87. The van der Waals surface area contributed by atoms with E-state index < -0.39 is 0 Å². The molecule has 1 rings (SSSR count). The van der Waals surface area contributed by atoms with Crippen molar-refractivity contribution >= 4 is 10.7 Å². The van der Waals surface area contributed by atoms with E-state index in [1.165, 1.54) is 5.56 Å².